The fourth-order valence-electron chi connectivity index (χ4n) is 2.46. The van der Waals surface area contributed by atoms with Gasteiger partial charge in [-0.2, -0.15) is 0 Å². The number of benzene rings is 1. The lowest BCUT2D eigenvalue weighted by molar-refractivity contribution is -0.147. The van der Waals surface area contributed by atoms with Gasteiger partial charge in [-0.05, 0) is 67.1 Å². The second kappa shape index (κ2) is 6.76. The molecule has 0 amide bonds. The zero-order valence-electron chi connectivity index (χ0n) is 11.6. The quantitative estimate of drug-likeness (QED) is 0.601. The van der Waals surface area contributed by atoms with E-state index in [0.29, 0.717) is 13.2 Å². The van der Waals surface area contributed by atoms with Crippen molar-refractivity contribution in [3.8, 4) is 5.75 Å². The molecule has 0 aromatic heterocycles. The third kappa shape index (κ3) is 4.09. The molecule has 1 aliphatic heterocycles. The molecule has 1 saturated heterocycles. The molecule has 1 heterocycles. The number of nitrogens with zero attached hydrogens (tertiary/aromatic N) is 1. The molecule has 0 spiro atoms. The van der Waals surface area contributed by atoms with Crippen LogP contribution in [0, 0.1) is 8.99 Å². The first-order valence-corrected chi connectivity index (χ1v) is 7.92. The first kappa shape index (κ1) is 15.6. The normalized spacial score (nSPS) is 22.9. The van der Waals surface area contributed by atoms with Crippen molar-refractivity contribution in [1.29, 1.82) is 0 Å². The highest BCUT2D eigenvalue weighted by Crippen LogP contribution is 2.29. The Bertz CT molecular complexity index is 480. The van der Waals surface area contributed by atoms with Crippen molar-refractivity contribution >= 4 is 28.6 Å². The average Bonchev–Trinajstić information content (AvgIpc) is 2.78. The van der Waals surface area contributed by atoms with Crippen LogP contribution in [0.25, 0.3) is 0 Å². The molecule has 2 rings (SSSR count). The third-order valence-electron chi connectivity index (χ3n) is 3.75. The minimum atomic E-state index is -0.685. The summed E-state index contributed by atoms with van der Waals surface area (Å²) in [4.78, 5) is 13.4. The van der Waals surface area contributed by atoms with Crippen LogP contribution in [0.5, 0.6) is 5.75 Å². The van der Waals surface area contributed by atoms with Crippen molar-refractivity contribution in [2.45, 2.75) is 19.8 Å². The first-order valence-electron chi connectivity index (χ1n) is 6.84. The van der Waals surface area contributed by atoms with Gasteiger partial charge in [-0.25, -0.2) is 0 Å². The Hall–Kier alpha value is -0.820. The van der Waals surface area contributed by atoms with E-state index in [1.165, 1.54) is 0 Å². The Morgan fingerprint density at radius 3 is 3.00 bits per heavy atom. The van der Waals surface area contributed by atoms with Crippen molar-refractivity contribution in [2.24, 2.45) is 5.41 Å². The van der Waals surface area contributed by atoms with Crippen LogP contribution in [-0.2, 0) is 4.79 Å². The summed E-state index contributed by atoms with van der Waals surface area (Å²) in [6.07, 6.45) is 1.65. The fourth-order valence-corrected chi connectivity index (χ4v) is 2.97. The maximum atomic E-state index is 11.2. The van der Waals surface area contributed by atoms with Gasteiger partial charge in [0.2, 0.25) is 0 Å². The standard InChI is InChI=1S/C15H20INO3/c1-15(14(18)19)6-8-17(11-15)7-3-9-20-13-5-2-4-12(16)10-13/h2,4-5,10H,3,6-9,11H2,1H3,(H,18,19). The monoisotopic (exact) mass is 389 g/mol. The predicted octanol–water partition coefficient (Wildman–Crippen LogP) is 2.86. The number of hydrogen-bond acceptors (Lipinski definition) is 3. The van der Waals surface area contributed by atoms with Crippen LogP contribution in [-0.4, -0.2) is 42.2 Å². The molecule has 4 nitrogen and oxygen atoms in total. The molecule has 1 unspecified atom stereocenters. The summed E-state index contributed by atoms with van der Waals surface area (Å²) in [6.45, 7) is 4.91. The SMILES string of the molecule is CC1(C(=O)O)CCN(CCCOc2cccc(I)c2)C1. The van der Waals surface area contributed by atoms with Crippen LogP contribution in [0.1, 0.15) is 19.8 Å². The molecule has 1 N–H and O–H groups in total. The zero-order valence-corrected chi connectivity index (χ0v) is 13.8. The highest BCUT2D eigenvalue weighted by molar-refractivity contribution is 14.1. The second-order valence-electron chi connectivity index (χ2n) is 5.55. The van der Waals surface area contributed by atoms with Crippen LogP contribution in [0.4, 0.5) is 0 Å². The molecule has 0 radical (unpaired) electrons. The summed E-state index contributed by atoms with van der Waals surface area (Å²) in [5.41, 5.74) is -0.573. The van der Waals surface area contributed by atoms with Gasteiger partial charge >= 0.3 is 5.97 Å². The molecule has 0 saturated carbocycles. The number of carbonyl (C=O) groups is 1. The number of aliphatic carboxylic acids is 1. The van der Waals surface area contributed by atoms with E-state index in [1.54, 1.807) is 0 Å². The lowest BCUT2D eigenvalue weighted by atomic mass is 9.90. The maximum absolute atomic E-state index is 11.2. The van der Waals surface area contributed by atoms with E-state index in [9.17, 15) is 9.90 Å². The van der Waals surface area contributed by atoms with Crippen molar-refractivity contribution in [2.75, 3.05) is 26.2 Å². The Labute approximate surface area is 133 Å². The molecule has 20 heavy (non-hydrogen) atoms. The van der Waals surface area contributed by atoms with Gasteiger partial charge in [0.05, 0.1) is 12.0 Å². The minimum absolute atomic E-state index is 0.573. The number of ether oxygens (including phenoxy) is 1. The van der Waals surface area contributed by atoms with Gasteiger partial charge in [-0.3, -0.25) is 4.79 Å². The van der Waals surface area contributed by atoms with Gasteiger partial charge in [-0.1, -0.05) is 6.07 Å². The molecule has 0 bridgehead atoms. The van der Waals surface area contributed by atoms with Crippen molar-refractivity contribution in [3.05, 3.63) is 27.8 Å². The zero-order chi connectivity index (χ0) is 14.6. The summed E-state index contributed by atoms with van der Waals surface area (Å²) in [5, 5.41) is 9.18. The Kier molecular flexibility index (Phi) is 5.26. The van der Waals surface area contributed by atoms with E-state index in [0.717, 1.165) is 35.3 Å². The molecule has 5 heteroatoms. The number of hydrogen-bond donors (Lipinski definition) is 1. The van der Waals surface area contributed by atoms with Crippen molar-refractivity contribution in [3.63, 3.8) is 0 Å². The Morgan fingerprint density at radius 2 is 2.35 bits per heavy atom. The molecular weight excluding hydrogens is 369 g/mol. The average molecular weight is 389 g/mol. The summed E-state index contributed by atoms with van der Waals surface area (Å²) in [6, 6.07) is 7.98. The van der Waals surface area contributed by atoms with Gasteiger partial charge in [-0.15, -0.1) is 0 Å². The number of carboxylic acids is 1. The second-order valence-corrected chi connectivity index (χ2v) is 6.80. The van der Waals surface area contributed by atoms with Crippen molar-refractivity contribution < 1.29 is 14.6 Å². The highest BCUT2D eigenvalue weighted by atomic mass is 127. The van der Waals surface area contributed by atoms with E-state index < -0.39 is 11.4 Å². The maximum Gasteiger partial charge on any atom is 0.310 e. The third-order valence-corrected chi connectivity index (χ3v) is 4.42. The topological polar surface area (TPSA) is 49.8 Å². The lowest BCUT2D eigenvalue weighted by Gasteiger charge is -2.20. The van der Waals surface area contributed by atoms with Crippen LogP contribution in [0.3, 0.4) is 0 Å². The van der Waals surface area contributed by atoms with E-state index in [-0.39, 0.29) is 0 Å². The number of halogens is 1. The van der Waals surface area contributed by atoms with Gasteiger partial charge in [0.25, 0.3) is 0 Å². The predicted molar refractivity (Wildman–Crippen MR) is 86.1 cm³/mol. The van der Waals surface area contributed by atoms with Crippen LogP contribution in [0.15, 0.2) is 24.3 Å². The molecule has 1 fully saturated rings. The van der Waals surface area contributed by atoms with Gasteiger partial charge < -0.3 is 14.7 Å². The molecule has 1 atom stereocenters. The molecule has 1 aromatic carbocycles. The van der Waals surface area contributed by atoms with E-state index >= 15 is 0 Å². The largest absolute Gasteiger partial charge is 0.494 e. The summed E-state index contributed by atoms with van der Waals surface area (Å²) >= 11 is 2.26. The molecule has 110 valence electrons. The van der Waals surface area contributed by atoms with Gasteiger partial charge in [0.1, 0.15) is 5.75 Å². The van der Waals surface area contributed by atoms with E-state index in [2.05, 4.69) is 27.5 Å². The van der Waals surface area contributed by atoms with Gasteiger partial charge in [0.15, 0.2) is 0 Å². The Balaban J connectivity index is 1.69. The number of rotatable bonds is 6. The first-order chi connectivity index (χ1) is 9.49. The van der Waals surface area contributed by atoms with Crippen LogP contribution >= 0.6 is 22.6 Å². The Morgan fingerprint density at radius 1 is 1.55 bits per heavy atom. The van der Waals surface area contributed by atoms with Crippen molar-refractivity contribution in [1.82, 2.24) is 4.90 Å². The van der Waals surface area contributed by atoms with E-state index in [4.69, 9.17) is 4.74 Å². The minimum Gasteiger partial charge on any atom is -0.494 e. The molecule has 1 aliphatic rings. The summed E-state index contributed by atoms with van der Waals surface area (Å²) < 4.78 is 6.86. The molecule has 0 aliphatic carbocycles. The van der Waals surface area contributed by atoms with E-state index in [1.807, 2.05) is 31.2 Å². The fraction of sp³-hybridized carbons (Fsp3) is 0.533. The highest BCUT2D eigenvalue weighted by Gasteiger charge is 2.39. The molecular formula is C15H20INO3. The number of carboxylic acid groups (broad SMARTS) is 1. The van der Waals surface area contributed by atoms with Crippen LogP contribution < -0.4 is 4.74 Å². The van der Waals surface area contributed by atoms with Crippen LogP contribution in [0.2, 0.25) is 0 Å². The summed E-state index contributed by atoms with van der Waals surface area (Å²) in [7, 11) is 0. The lowest BCUT2D eigenvalue weighted by Crippen LogP contribution is -2.32. The number of likely N-dealkylation sites (tertiary alicyclic amines) is 1. The summed E-state index contributed by atoms with van der Waals surface area (Å²) in [5.74, 6) is 0.212. The smallest absolute Gasteiger partial charge is 0.310 e. The van der Waals surface area contributed by atoms with Gasteiger partial charge in [0, 0.05) is 16.7 Å². The molecule has 1 aromatic rings.